The average Bonchev–Trinajstić information content (AvgIpc) is 2.86. The van der Waals surface area contributed by atoms with E-state index < -0.39 is 29.4 Å². The Kier molecular flexibility index (Phi) is 8.31. The molecule has 1 aliphatic rings. The number of carbonyl (C=O) groups is 1. The van der Waals surface area contributed by atoms with Gasteiger partial charge in [-0.25, -0.2) is 0 Å². The van der Waals surface area contributed by atoms with Crippen LogP contribution in [0.5, 0.6) is 5.75 Å². The summed E-state index contributed by atoms with van der Waals surface area (Å²) in [6, 6.07) is 14.1. The van der Waals surface area contributed by atoms with Crippen LogP contribution in [0.15, 0.2) is 54.7 Å². The molecule has 2 atom stereocenters. The van der Waals surface area contributed by atoms with Crippen LogP contribution >= 0.6 is 0 Å². The van der Waals surface area contributed by atoms with Gasteiger partial charge in [0.1, 0.15) is 18.1 Å². The van der Waals surface area contributed by atoms with Gasteiger partial charge >= 0.3 is 12.1 Å². The number of aromatic nitrogens is 1. The SMILES string of the molecule is CO[C@H](c1cc(COc2ccc3c(c2)[C@@](C)(CC(=O)O)CCC3)ccc1-c1ccnc(C(F)(F)F)c1)C(C)(C)C. The fourth-order valence-corrected chi connectivity index (χ4v) is 5.79. The van der Waals surface area contributed by atoms with Crippen LogP contribution in [0.3, 0.4) is 0 Å². The van der Waals surface area contributed by atoms with Gasteiger partial charge in [-0.15, -0.1) is 0 Å². The van der Waals surface area contributed by atoms with Gasteiger partial charge in [-0.1, -0.05) is 45.9 Å². The second-order valence-corrected chi connectivity index (χ2v) is 11.9. The number of halogens is 3. The van der Waals surface area contributed by atoms with Crippen LogP contribution in [0.2, 0.25) is 0 Å². The molecule has 214 valence electrons. The van der Waals surface area contributed by atoms with Crippen LogP contribution in [-0.4, -0.2) is 23.2 Å². The number of nitrogens with zero attached hydrogens (tertiary/aromatic N) is 1. The molecule has 1 aromatic heterocycles. The van der Waals surface area contributed by atoms with Crippen LogP contribution < -0.4 is 4.74 Å². The van der Waals surface area contributed by atoms with Crippen molar-refractivity contribution < 1.29 is 32.5 Å². The Labute approximate surface area is 233 Å². The smallest absolute Gasteiger partial charge is 0.433 e. The third-order valence-corrected chi connectivity index (χ3v) is 7.64. The van der Waals surface area contributed by atoms with E-state index in [9.17, 15) is 23.1 Å². The third kappa shape index (κ3) is 6.49. The molecule has 0 unspecified atom stereocenters. The van der Waals surface area contributed by atoms with Gasteiger partial charge in [-0.3, -0.25) is 9.78 Å². The summed E-state index contributed by atoms with van der Waals surface area (Å²) in [7, 11) is 1.60. The van der Waals surface area contributed by atoms with Gasteiger partial charge in [-0.2, -0.15) is 13.2 Å². The van der Waals surface area contributed by atoms with Crippen molar-refractivity contribution in [3.05, 3.63) is 82.7 Å². The summed E-state index contributed by atoms with van der Waals surface area (Å²) in [4.78, 5) is 15.1. The Morgan fingerprint density at radius 1 is 1.10 bits per heavy atom. The van der Waals surface area contributed by atoms with Gasteiger partial charge in [0.25, 0.3) is 0 Å². The van der Waals surface area contributed by atoms with E-state index in [2.05, 4.69) is 4.98 Å². The first-order valence-electron chi connectivity index (χ1n) is 13.4. The fourth-order valence-electron chi connectivity index (χ4n) is 5.79. The van der Waals surface area contributed by atoms with Crippen LogP contribution in [0.1, 0.15) is 81.0 Å². The number of benzene rings is 2. The Morgan fingerprint density at radius 3 is 2.50 bits per heavy atom. The highest BCUT2D eigenvalue weighted by Gasteiger charge is 2.35. The second kappa shape index (κ2) is 11.2. The number of pyridine rings is 1. The monoisotopic (exact) mass is 555 g/mol. The van der Waals surface area contributed by atoms with E-state index in [0.29, 0.717) is 16.9 Å². The molecule has 3 aromatic rings. The van der Waals surface area contributed by atoms with Crippen molar-refractivity contribution in [3.8, 4) is 16.9 Å². The zero-order chi connectivity index (χ0) is 29.3. The van der Waals surface area contributed by atoms with E-state index in [-0.39, 0.29) is 18.4 Å². The molecule has 1 aliphatic carbocycles. The van der Waals surface area contributed by atoms with E-state index in [0.717, 1.165) is 47.6 Å². The van der Waals surface area contributed by atoms with Gasteiger partial charge in [0.2, 0.25) is 0 Å². The average molecular weight is 556 g/mol. The van der Waals surface area contributed by atoms with Crippen molar-refractivity contribution in [1.82, 2.24) is 4.98 Å². The van der Waals surface area contributed by atoms with Crippen LogP contribution in [-0.2, 0) is 34.2 Å². The van der Waals surface area contributed by atoms with E-state index in [1.54, 1.807) is 19.2 Å². The van der Waals surface area contributed by atoms with Crippen molar-refractivity contribution in [2.45, 2.75) is 77.7 Å². The number of hydrogen-bond donors (Lipinski definition) is 1. The minimum absolute atomic E-state index is 0.0601. The Hall–Kier alpha value is -3.39. The topological polar surface area (TPSA) is 68.7 Å². The van der Waals surface area contributed by atoms with E-state index in [1.165, 1.54) is 6.20 Å². The second-order valence-electron chi connectivity index (χ2n) is 11.9. The number of carboxylic acids is 1. The minimum atomic E-state index is -4.55. The number of hydrogen-bond acceptors (Lipinski definition) is 4. The maximum Gasteiger partial charge on any atom is 0.433 e. The van der Waals surface area contributed by atoms with Gasteiger partial charge in [-0.05, 0) is 88.4 Å². The number of rotatable bonds is 8. The standard InChI is InChI=1S/C32H36F3NO4/c1-30(2,3)29(39-5)25-15-20(8-11-24(25)22-12-14-36-27(16-22)32(33,34)35)19-40-23-10-9-21-7-6-13-31(4,18-28(37)38)26(21)17-23/h8-12,14-17,29H,6-7,13,18-19H2,1-5H3,(H,37,38)/t29-,31-/m1/s1. The summed E-state index contributed by atoms with van der Waals surface area (Å²) >= 11 is 0. The Balaban J connectivity index is 1.67. The summed E-state index contributed by atoms with van der Waals surface area (Å²) in [5, 5.41) is 9.49. The normalized spacial score (nSPS) is 18.2. The lowest BCUT2D eigenvalue weighted by molar-refractivity contribution is -0.141. The molecule has 1 N–H and O–H groups in total. The zero-order valence-electron chi connectivity index (χ0n) is 23.6. The first-order valence-corrected chi connectivity index (χ1v) is 13.4. The number of aryl methyl sites for hydroxylation is 1. The van der Waals surface area contributed by atoms with Crippen LogP contribution in [0.25, 0.3) is 11.1 Å². The molecule has 40 heavy (non-hydrogen) atoms. The van der Waals surface area contributed by atoms with Gasteiger partial charge < -0.3 is 14.6 Å². The molecular formula is C32H36F3NO4. The summed E-state index contributed by atoms with van der Waals surface area (Å²) < 4.78 is 52.3. The molecule has 0 radical (unpaired) electrons. The first-order chi connectivity index (χ1) is 18.7. The highest BCUT2D eigenvalue weighted by Crippen LogP contribution is 2.43. The van der Waals surface area contributed by atoms with Crippen molar-refractivity contribution in [1.29, 1.82) is 0 Å². The molecule has 8 heteroatoms. The third-order valence-electron chi connectivity index (χ3n) is 7.64. The molecule has 0 saturated heterocycles. The largest absolute Gasteiger partial charge is 0.489 e. The number of ether oxygens (including phenoxy) is 2. The molecule has 0 amide bonds. The van der Waals surface area contributed by atoms with Crippen LogP contribution in [0.4, 0.5) is 13.2 Å². The van der Waals surface area contributed by atoms with Gasteiger partial charge in [0, 0.05) is 18.7 Å². The molecule has 1 heterocycles. The van der Waals surface area contributed by atoms with Gasteiger partial charge in [0.15, 0.2) is 0 Å². The molecule has 0 spiro atoms. The Morgan fingerprint density at radius 2 is 1.85 bits per heavy atom. The zero-order valence-corrected chi connectivity index (χ0v) is 23.6. The number of methoxy groups -OCH3 is 1. The minimum Gasteiger partial charge on any atom is -0.489 e. The first kappa shape index (κ1) is 29.6. The van der Waals surface area contributed by atoms with Crippen molar-refractivity contribution in [3.63, 3.8) is 0 Å². The van der Waals surface area contributed by atoms with E-state index in [4.69, 9.17) is 9.47 Å². The summed E-state index contributed by atoms with van der Waals surface area (Å²) in [5.74, 6) is -0.177. The molecule has 0 aliphatic heterocycles. The molecule has 0 fully saturated rings. The van der Waals surface area contributed by atoms with Crippen molar-refractivity contribution in [2.75, 3.05) is 7.11 Å². The lowest BCUT2D eigenvalue weighted by Gasteiger charge is -2.35. The molecule has 4 rings (SSSR count). The summed E-state index contributed by atoms with van der Waals surface area (Å²) in [6.07, 6.45) is -1.06. The highest BCUT2D eigenvalue weighted by atomic mass is 19.4. The molecule has 0 bridgehead atoms. The lowest BCUT2D eigenvalue weighted by Crippen LogP contribution is -2.30. The molecule has 2 aromatic carbocycles. The summed E-state index contributed by atoms with van der Waals surface area (Å²) in [5.41, 5.74) is 3.06. The lowest BCUT2D eigenvalue weighted by atomic mass is 9.69. The summed E-state index contributed by atoms with van der Waals surface area (Å²) in [6.45, 7) is 8.27. The van der Waals surface area contributed by atoms with Gasteiger partial charge in [0.05, 0.1) is 12.5 Å². The Bertz CT molecular complexity index is 1380. The number of alkyl halides is 3. The van der Waals surface area contributed by atoms with Crippen molar-refractivity contribution in [2.24, 2.45) is 5.41 Å². The predicted molar refractivity (Wildman–Crippen MR) is 147 cm³/mol. The molecule has 5 nitrogen and oxygen atoms in total. The molecular weight excluding hydrogens is 519 g/mol. The van der Waals surface area contributed by atoms with E-state index in [1.807, 2.05) is 58.0 Å². The van der Waals surface area contributed by atoms with E-state index >= 15 is 0 Å². The predicted octanol–water partition coefficient (Wildman–Crippen LogP) is 8.15. The fraction of sp³-hybridized carbons (Fsp3) is 0.438. The van der Waals surface area contributed by atoms with Crippen molar-refractivity contribution >= 4 is 5.97 Å². The highest BCUT2D eigenvalue weighted by molar-refractivity contribution is 5.70. The van der Waals surface area contributed by atoms with Crippen LogP contribution in [0, 0.1) is 5.41 Å². The number of fused-ring (bicyclic) bond motifs is 1. The quantitative estimate of drug-likeness (QED) is 0.304. The number of aliphatic carboxylic acids is 1. The number of carboxylic acid groups (broad SMARTS) is 1. The maximum absolute atomic E-state index is 13.4. The molecule has 0 saturated carbocycles. The maximum atomic E-state index is 13.4.